The first-order chi connectivity index (χ1) is 7.66. The molecule has 16 heavy (non-hydrogen) atoms. The van der Waals surface area contributed by atoms with E-state index in [4.69, 9.17) is 16.0 Å². The number of aromatic nitrogens is 2. The summed E-state index contributed by atoms with van der Waals surface area (Å²) in [5.41, 5.74) is -0.171. The zero-order valence-corrected chi connectivity index (χ0v) is 9.23. The van der Waals surface area contributed by atoms with E-state index in [9.17, 15) is 10.1 Å². The van der Waals surface area contributed by atoms with Gasteiger partial charge in [0, 0.05) is 12.3 Å². The summed E-state index contributed by atoms with van der Waals surface area (Å²) in [5.74, 6) is 0. The average molecular weight is 258 g/mol. The van der Waals surface area contributed by atoms with E-state index >= 15 is 0 Å². The van der Waals surface area contributed by atoms with Crippen molar-refractivity contribution in [2.24, 2.45) is 0 Å². The summed E-state index contributed by atoms with van der Waals surface area (Å²) < 4.78 is 4.96. The molecule has 0 saturated carbocycles. The van der Waals surface area contributed by atoms with Crippen molar-refractivity contribution in [3.63, 3.8) is 0 Å². The molecule has 0 aromatic carbocycles. The molecule has 0 radical (unpaired) electrons. The minimum atomic E-state index is -0.551. The number of hydrogen-bond acceptors (Lipinski definition) is 6. The Morgan fingerprint density at radius 3 is 2.94 bits per heavy atom. The van der Waals surface area contributed by atoms with E-state index in [0.29, 0.717) is 0 Å². The highest BCUT2D eigenvalue weighted by Gasteiger charge is 2.18. The van der Waals surface area contributed by atoms with E-state index in [0.717, 1.165) is 11.8 Å². The second-order valence-electron chi connectivity index (χ2n) is 2.63. The molecule has 0 saturated heterocycles. The average Bonchev–Trinajstić information content (AvgIpc) is 2.73. The van der Waals surface area contributed by atoms with E-state index in [1.807, 2.05) is 0 Å². The molecule has 2 heterocycles. The van der Waals surface area contributed by atoms with Crippen LogP contribution in [0.2, 0.25) is 5.02 Å². The van der Waals surface area contributed by atoms with E-state index in [2.05, 4.69) is 9.97 Å². The highest BCUT2D eigenvalue weighted by Crippen LogP contribution is 2.33. The number of pyridine rings is 1. The van der Waals surface area contributed by atoms with Crippen molar-refractivity contribution in [3.8, 4) is 0 Å². The van der Waals surface area contributed by atoms with E-state index < -0.39 is 4.92 Å². The maximum absolute atomic E-state index is 10.7. The van der Waals surface area contributed by atoms with Crippen molar-refractivity contribution >= 4 is 29.1 Å². The fourth-order valence-electron chi connectivity index (χ4n) is 0.969. The molecule has 0 fully saturated rings. The molecule has 6 nitrogen and oxygen atoms in total. The molecule has 0 bridgehead atoms. The number of rotatable bonds is 3. The third kappa shape index (κ3) is 2.31. The predicted octanol–water partition coefficient (Wildman–Crippen LogP) is 2.78. The topological polar surface area (TPSA) is 82.1 Å². The second-order valence-corrected chi connectivity index (χ2v) is 4.01. The second kappa shape index (κ2) is 4.50. The molecule has 2 aromatic rings. The van der Waals surface area contributed by atoms with Gasteiger partial charge in [0.25, 0.3) is 5.22 Å². The molecule has 0 aliphatic carbocycles. The van der Waals surface area contributed by atoms with Gasteiger partial charge in [-0.05, 0) is 11.8 Å². The molecule has 2 rings (SSSR count). The van der Waals surface area contributed by atoms with Gasteiger partial charge in [-0.3, -0.25) is 10.1 Å². The van der Waals surface area contributed by atoms with Crippen LogP contribution in [-0.2, 0) is 0 Å². The lowest BCUT2D eigenvalue weighted by atomic mass is 10.4. The summed E-state index contributed by atoms with van der Waals surface area (Å²) in [6.07, 6.45) is 4.16. The normalized spacial score (nSPS) is 10.3. The molecule has 2 aromatic heterocycles. The first-order valence-electron chi connectivity index (χ1n) is 4.04. The van der Waals surface area contributed by atoms with Gasteiger partial charge in [0.2, 0.25) is 0 Å². The summed E-state index contributed by atoms with van der Waals surface area (Å²) in [6, 6.07) is 1.24. The Kier molecular flexibility index (Phi) is 3.07. The molecular formula is C8H4ClN3O3S. The molecule has 0 unspecified atom stereocenters. The van der Waals surface area contributed by atoms with Gasteiger partial charge >= 0.3 is 5.69 Å². The van der Waals surface area contributed by atoms with Gasteiger partial charge in [-0.25, -0.2) is 9.97 Å². The third-order valence-corrected chi connectivity index (χ3v) is 2.68. The van der Waals surface area contributed by atoms with Gasteiger partial charge in [-0.1, -0.05) is 11.6 Å². The van der Waals surface area contributed by atoms with E-state index in [-0.39, 0.29) is 21.0 Å². The molecule has 0 N–H and O–H groups in total. The van der Waals surface area contributed by atoms with Crippen molar-refractivity contribution < 1.29 is 9.34 Å². The zero-order valence-electron chi connectivity index (χ0n) is 7.66. The van der Waals surface area contributed by atoms with Crippen molar-refractivity contribution in [1.82, 2.24) is 9.97 Å². The van der Waals surface area contributed by atoms with Gasteiger partial charge in [0.15, 0.2) is 5.03 Å². The highest BCUT2D eigenvalue weighted by molar-refractivity contribution is 7.99. The number of hydrogen-bond donors (Lipinski definition) is 0. The summed E-state index contributed by atoms with van der Waals surface area (Å²) in [6.45, 7) is 0. The summed E-state index contributed by atoms with van der Waals surface area (Å²) in [5, 5.41) is 11.4. The van der Waals surface area contributed by atoms with Crippen molar-refractivity contribution in [1.29, 1.82) is 0 Å². The summed E-state index contributed by atoms with van der Waals surface area (Å²) in [4.78, 5) is 17.9. The zero-order chi connectivity index (χ0) is 11.5. The molecule has 8 heteroatoms. The van der Waals surface area contributed by atoms with Crippen LogP contribution < -0.4 is 0 Å². The van der Waals surface area contributed by atoms with Crippen LogP contribution in [0.1, 0.15) is 0 Å². The minimum absolute atomic E-state index is 0.171. The molecular weight excluding hydrogens is 254 g/mol. The van der Waals surface area contributed by atoms with Crippen LogP contribution in [0.5, 0.6) is 0 Å². The van der Waals surface area contributed by atoms with Crippen LogP contribution in [0.25, 0.3) is 0 Å². The standard InChI is InChI=1S/C8H4ClN3O3S/c9-5-3-6(12(13)14)7(11-4-5)16-8-10-1-2-15-8/h1-4H. The quantitative estimate of drug-likeness (QED) is 0.621. The Balaban J connectivity index is 2.36. The smallest absolute Gasteiger partial charge is 0.303 e. The monoisotopic (exact) mass is 257 g/mol. The Hall–Kier alpha value is -1.60. The Labute approximate surface area is 98.8 Å². The number of nitro groups is 1. The van der Waals surface area contributed by atoms with Gasteiger partial charge in [0.1, 0.15) is 6.26 Å². The van der Waals surface area contributed by atoms with Crippen molar-refractivity contribution in [3.05, 3.63) is 39.9 Å². The van der Waals surface area contributed by atoms with Crippen LogP contribution in [0, 0.1) is 10.1 Å². The first kappa shape index (κ1) is 10.9. The molecule has 0 spiro atoms. The van der Waals surface area contributed by atoms with Crippen molar-refractivity contribution in [2.75, 3.05) is 0 Å². The van der Waals surface area contributed by atoms with E-state index in [1.165, 1.54) is 24.7 Å². The number of halogens is 1. The first-order valence-corrected chi connectivity index (χ1v) is 5.23. The van der Waals surface area contributed by atoms with Gasteiger partial charge in [-0.15, -0.1) is 0 Å². The Morgan fingerprint density at radius 2 is 2.31 bits per heavy atom. The lowest BCUT2D eigenvalue weighted by molar-refractivity contribution is -0.388. The Bertz CT molecular complexity index is 517. The largest absolute Gasteiger partial charge is 0.440 e. The minimum Gasteiger partial charge on any atom is -0.440 e. The maximum atomic E-state index is 10.7. The SMILES string of the molecule is O=[N+]([O-])c1cc(Cl)cnc1Sc1ncco1. The fraction of sp³-hybridized carbons (Fsp3) is 0. The Morgan fingerprint density at radius 1 is 1.50 bits per heavy atom. The summed E-state index contributed by atoms with van der Waals surface area (Å²) in [7, 11) is 0. The van der Waals surface area contributed by atoms with E-state index in [1.54, 1.807) is 0 Å². The highest BCUT2D eigenvalue weighted by atomic mass is 35.5. The van der Waals surface area contributed by atoms with Crippen molar-refractivity contribution in [2.45, 2.75) is 10.2 Å². The van der Waals surface area contributed by atoms with Gasteiger partial charge < -0.3 is 4.42 Å². The molecule has 0 aliphatic heterocycles. The van der Waals surface area contributed by atoms with Crippen LogP contribution >= 0.6 is 23.4 Å². The molecule has 0 atom stereocenters. The molecule has 0 amide bonds. The van der Waals surface area contributed by atoms with Crippen LogP contribution in [0.4, 0.5) is 5.69 Å². The van der Waals surface area contributed by atoms with Crippen LogP contribution in [0.15, 0.2) is 39.4 Å². The molecule has 82 valence electrons. The van der Waals surface area contributed by atoms with Gasteiger partial charge in [-0.2, -0.15) is 0 Å². The third-order valence-electron chi connectivity index (χ3n) is 1.59. The number of oxazole rings is 1. The van der Waals surface area contributed by atoms with Crippen LogP contribution in [-0.4, -0.2) is 14.9 Å². The lowest BCUT2D eigenvalue weighted by Gasteiger charge is -1.98. The van der Waals surface area contributed by atoms with Gasteiger partial charge in [0.05, 0.1) is 16.1 Å². The molecule has 0 aliphatic rings. The van der Waals surface area contributed by atoms with Crippen LogP contribution in [0.3, 0.4) is 0 Å². The number of nitrogens with zero attached hydrogens (tertiary/aromatic N) is 3. The fourth-order valence-corrected chi connectivity index (χ4v) is 1.85. The summed E-state index contributed by atoms with van der Waals surface area (Å²) >= 11 is 6.60. The maximum Gasteiger partial charge on any atom is 0.303 e. The predicted molar refractivity (Wildman–Crippen MR) is 56.5 cm³/mol. The lowest BCUT2D eigenvalue weighted by Crippen LogP contribution is -1.93.